The molecule has 0 unspecified atom stereocenters. The fourth-order valence-electron chi connectivity index (χ4n) is 2.07. The van der Waals surface area contributed by atoms with Crippen LogP contribution in [-0.2, 0) is 11.3 Å². The summed E-state index contributed by atoms with van der Waals surface area (Å²) in [5, 5.41) is 9.40. The average molecular weight is 362 g/mol. The molecule has 0 aliphatic carbocycles. The molecule has 0 aliphatic heterocycles. The van der Waals surface area contributed by atoms with E-state index in [9.17, 15) is 9.59 Å². The molecule has 1 rings (SSSR count). The SMILES string of the molecule is CCCC[C@@H](/C=N/NC(=O)NCc1ccccc1)NC(=O)OC(C)(C)C. The van der Waals surface area contributed by atoms with Gasteiger partial charge < -0.3 is 15.4 Å². The summed E-state index contributed by atoms with van der Waals surface area (Å²) < 4.78 is 5.25. The van der Waals surface area contributed by atoms with Gasteiger partial charge in [0.05, 0.1) is 6.04 Å². The number of alkyl carbamates (subject to hydrolysis) is 1. The van der Waals surface area contributed by atoms with E-state index in [1.807, 2.05) is 30.3 Å². The number of ether oxygens (including phenoxy) is 1. The molecule has 1 aromatic carbocycles. The van der Waals surface area contributed by atoms with Crippen molar-refractivity contribution in [2.75, 3.05) is 0 Å². The Kier molecular flexibility index (Phi) is 9.19. The second-order valence-corrected chi connectivity index (χ2v) is 6.95. The van der Waals surface area contributed by atoms with Gasteiger partial charge in [0.25, 0.3) is 0 Å². The van der Waals surface area contributed by atoms with Crippen LogP contribution in [0.5, 0.6) is 0 Å². The van der Waals surface area contributed by atoms with Crippen LogP contribution in [0, 0.1) is 0 Å². The van der Waals surface area contributed by atoms with E-state index in [0.717, 1.165) is 18.4 Å². The highest BCUT2D eigenvalue weighted by Crippen LogP contribution is 2.07. The number of nitrogens with one attached hydrogen (secondary N) is 3. The van der Waals surface area contributed by atoms with Gasteiger partial charge in [0.1, 0.15) is 5.60 Å². The average Bonchev–Trinajstić information content (AvgIpc) is 2.57. The number of nitrogens with zero attached hydrogens (tertiary/aromatic N) is 1. The van der Waals surface area contributed by atoms with Crippen LogP contribution < -0.4 is 16.1 Å². The van der Waals surface area contributed by atoms with Crippen molar-refractivity contribution in [3.63, 3.8) is 0 Å². The molecule has 7 nitrogen and oxygen atoms in total. The lowest BCUT2D eigenvalue weighted by Crippen LogP contribution is -2.40. The van der Waals surface area contributed by atoms with Gasteiger partial charge in [-0.15, -0.1) is 0 Å². The summed E-state index contributed by atoms with van der Waals surface area (Å²) in [5.74, 6) is 0. The third kappa shape index (κ3) is 10.3. The van der Waals surface area contributed by atoms with Crippen LogP contribution in [0.25, 0.3) is 0 Å². The fraction of sp³-hybridized carbons (Fsp3) is 0.526. The van der Waals surface area contributed by atoms with E-state index in [1.165, 1.54) is 6.21 Å². The first-order chi connectivity index (χ1) is 12.3. The lowest BCUT2D eigenvalue weighted by molar-refractivity contribution is 0.0517. The van der Waals surface area contributed by atoms with E-state index in [-0.39, 0.29) is 6.04 Å². The lowest BCUT2D eigenvalue weighted by atomic mass is 10.1. The van der Waals surface area contributed by atoms with Crippen LogP contribution >= 0.6 is 0 Å². The third-order valence-electron chi connectivity index (χ3n) is 3.29. The Hall–Kier alpha value is -2.57. The van der Waals surface area contributed by atoms with Crippen molar-refractivity contribution in [3.05, 3.63) is 35.9 Å². The normalized spacial score (nSPS) is 12.5. The molecule has 0 aromatic heterocycles. The first kappa shape index (κ1) is 21.5. The van der Waals surface area contributed by atoms with Crippen LogP contribution in [0.15, 0.2) is 35.4 Å². The Bertz CT molecular complexity index is 582. The smallest absolute Gasteiger partial charge is 0.408 e. The zero-order chi connectivity index (χ0) is 19.4. The minimum Gasteiger partial charge on any atom is -0.444 e. The molecule has 0 aliphatic rings. The maximum atomic E-state index is 11.9. The standard InChI is InChI=1S/C19H30N4O3/c1-5-6-12-16(22-18(25)26-19(2,3)4)14-21-23-17(24)20-13-15-10-8-7-9-11-15/h7-11,14,16H,5-6,12-13H2,1-4H3,(H,22,25)(H2,20,23,24)/b21-14+/t16-/m0/s1. The Morgan fingerprint density at radius 1 is 1.23 bits per heavy atom. The molecule has 0 heterocycles. The van der Waals surface area contributed by atoms with Gasteiger partial charge in [0.15, 0.2) is 0 Å². The second kappa shape index (κ2) is 11.1. The Morgan fingerprint density at radius 3 is 2.54 bits per heavy atom. The third-order valence-corrected chi connectivity index (χ3v) is 3.29. The second-order valence-electron chi connectivity index (χ2n) is 6.95. The molecule has 0 saturated heterocycles. The van der Waals surface area contributed by atoms with Crippen molar-refractivity contribution in [1.82, 2.24) is 16.1 Å². The predicted octanol–water partition coefficient (Wildman–Crippen LogP) is 3.56. The van der Waals surface area contributed by atoms with E-state index in [2.05, 4.69) is 28.1 Å². The number of unbranched alkanes of at least 4 members (excludes halogenated alkanes) is 1. The Morgan fingerprint density at radius 2 is 1.92 bits per heavy atom. The minimum atomic E-state index is -0.563. The van der Waals surface area contributed by atoms with Crippen molar-refractivity contribution in [2.45, 2.75) is 65.1 Å². The Labute approximate surface area is 155 Å². The fourth-order valence-corrected chi connectivity index (χ4v) is 2.07. The first-order valence-electron chi connectivity index (χ1n) is 8.90. The summed E-state index contributed by atoms with van der Waals surface area (Å²) in [7, 11) is 0. The van der Waals surface area contributed by atoms with Gasteiger partial charge >= 0.3 is 12.1 Å². The maximum absolute atomic E-state index is 11.9. The molecule has 144 valence electrons. The lowest BCUT2D eigenvalue weighted by Gasteiger charge is -2.22. The molecule has 26 heavy (non-hydrogen) atoms. The number of hydrogen-bond acceptors (Lipinski definition) is 4. The molecule has 0 radical (unpaired) electrons. The molecule has 7 heteroatoms. The van der Waals surface area contributed by atoms with Gasteiger partial charge in [-0.1, -0.05) is 50.1 Å². The van der Waals surface area contributed by atoms with Gasteiger partial charge in [-0.25, -0.2) is 15.0 Å². The first-order valence-corrected chi connectivity index (χ1v) is 8.90. The predicted molar refractivity (Wildman–Crippen MR) is 103 cm³/mol. The van der Waals surface area contributed by atoms with Crippen LogP contribution in [0.3, 0.4) is 0 Å². The number of hydrazone groups is 1. The highest BCUT2D eigenvalue weighted by Gasteiger charge is 2.18. The van der Waals surface area contributed by atoms with Crippen molar-refractivity contribution in [1.29, 1.82) is 0 Å². The summed E-state index contributed by atoms with van der Waals surface area (Å²) in [6, 6.07) is 8.88. The number of carbonyl (C=O) groups excluding carboxylic acids is 2. The van der Waals surface area contributed by atoms with Crippen molar-refractivity contribution in [2.24, 2.45) is 5.10 Å². The monoisotopic (exact) mass is 362 g/mol. The molecule has 0 spiro atoms. The summed E-state index contributed by atoms with van der Waals surface area (Å²) >= 11 is 0. The van der Waals surface area contributed by atoms with Crippen LogP contribution in [-0.4, -0.2) is 30.0 Å². The molecule has 1 aromatic rings. The minimum absolute atomic E-state index is 0.306. The van der Waals surface area contributed by atoms with E-state index in [0.29, 0.717) is 13.0 Å². The van der Waals surface area contributed by atoms with Crippen molar-refractivity contribution >= 4 is 18.3 Å². The van der Waals surface area contributed by atoms with Gasteiger partial charge in [0.2, 0.25) is 0 Å². The van der Waals surface area contributed by atoms with Crippen LogP contribution in [0.1, 0.15) is 52.5 Å². The largest absolute Gasteiger partial charge is 0.444 e. The van der Waals surface area contributed by atoms with Crippen molar-refractivity contribution < 1.29 is 14.3 Å². The zero-order valence-electron chi connectivity index (χ0n) is 16.0. The zero-order valence-corrected chi connectivity index (χ0v) is 16.0. The summed E-state index contributed by atoms with van der Waals surface area (Å²) in [6.45, 7) is 7.90. The quantitative estimate of drug-likeness (QED) is 0.488. The topological polar surface area (TPSA) is 91.8 Å². The van der Waals surface area contributed by atoms with Crippen LogP contribution in [0.4, 0.5) is 9.59 Å². The molecule has 0 fully saturated rings. The highest BCUT2D eigenvalue weighted by atomic mass is 16.6. The van der Waals surface area contributed by atoms with E-state index in [1.54, 1.807) is 20.8 Å². The van der Waals surface area contributed by atoms with E-state index < -0.39 is 17.7 Å². The Balaban J connectivity index is 2.44. The number of benzene rings is 1. The number of hydrogen-bond donors (Lipinski definition) is 3. The van der Waals surface area contributed by atoms with Gasteiger partial charge in [0, 0.05) is 12.8 Å². The van der Waals surface area contributed by atoms with Gasteiger partial charge in [-0.2, -0.15) is 5.10 Å². The maximum Gasteiger partial charge on any atom is 0.408 e. The molecule has 0 saturated carbocycles. The molecule has 3 amide bonds. The number of amides is 3. The van der Waals surface area contributed by atoms with Crippen LogP contribution in [0.2, 0.25) is 0 Å². The molecule has 0 bridgehead atoms. The highest BCUT2D eigenvalue weighted by molar-refractivity contribution is 5.78. The van der Waals surface area contributed by atoms with Gasteiger partial charge in [-0.05, 0) is 32.8 Å². The van der Waals surface area contributed by atoms with Crippen molar-refractivity contribution in [3.8, 4) is 0 Å². The van der Waals surface area contributed by atoms with E-state index in [4.69, 9.17) is 4.74 Å². The number of carbonyl (C=O) groups is 2. The summed E-state index contributed by atoms with van der Waals surface area (Å²) in [5.41, 5.74) is 2.84. The molecular formula is C19H30N4O3. The molecular weight excluding hydrogens is 332 g/mol. The van der Waals surface area contributed by atoms with E-state index >= 15 is 0 Å². The summed E-state index contributed by atoms with van der Waals surface area (Å²) in [4.78, 5) is 23.7. The molecule has 1 atom stereocenters. The number of rotatable bonds is 8. The van der Waals surface area contributed by atoms with Gasteiger partial charge in [-0.3, -0.25) is 0 Å². The summed E-state index contributed by atoms with van der Waals surface area (Å²) in [6.07, 6.45) is 3.64. The molecule has 3 N–H and O–H groups in total. The number of urea groups is 1.